The number of aromatic nitrogens is 1. The van der Waals surface area contributed by atoms with Crippen molar-refractivity contribution in [2.24, 2.45) is 0 Å². The standard InChI is InChI=1S/C21H26N4O3/c1-17(26)25(11-8-21(27)23-16-18-6-9-22-10-7-18)20-5-3-2-4-19(20)24-12-14-28-15-13-24/h2-7,9-10H,8,11-16H2,1H3,(H,23,27). The topological polar surface area (TPSA) is 74.8 Å². The molecule has 0 radical (unpaired) electrons. The van der Waals surface area contributed by atoms with E-state index in [-0.39, 0.29) is 18.2 Å². The fraction of sp³-hybridized carbons (Fsp3) is 0.381. The highest BCUT2D eigenvalue weighted by atomic mass is 16.5. The lowest BCUT2D eigenvalue weighted by atomic mass is 10.2. The lowest BCUT2D eigenvalue weighted by Gasteiger charge is -2.33. The van der Waals surface area contributed by atoms with Gasteiger partial charge in [-0.2, -0.15) is 0 Å². The summed E-state index contributed by atoms with van der Waals surface area (Å²) in [5, 5.41) is 2.89. The molecule has 0 aliphatic carbocycles. The largest absolute Gasteiger partial charge is 0.378 e. The minimum atomic E-state index is -0.0908. The van der Waals surface area contributed by atoms with Crippen molar-refractivity contribution in [2.75, 3.05) is 42.6 Å². The van der Waals surface area contributed by atoms with E-state index in [4.69, 9.17) is 4.74 Å². The molecule has 2 aromatic rings. The number of nitrogens with zero attached hydrogens (tertiary/aromatic N) is 3. The SMILES string of the molecule is CC(=O)N(CCC(=O)NCc1ccncc1)c1ccccc1N1CCOCC1. The number of ether oxygens (including phenoxy) is 1. The van der Waals surface area contributed by atoms with Gasteiger partial charge in [0.05, 0.1) is 24.6 Å². The molecule has 1 saturated heterocycles. The van der Waals surface area contributed by atoms with Crippen LogP contribution in [0.2, 0.25) is 0 Å². The van der Waals surface area contributed by atoms with Gasteiger partial charge in [0.25, 0.3) is 0 Å². The monoisotopic (exact) mass is 382 g/mol. The highest BCUT2D eigenvalue weighted by Gasteiger charge is 2.21. The van der Waals surface area contributed by atoms with Gasteiger partial charge in [0, 0.05) is 51.9 Å². The molecule has 2 amide bonds. The molecule has 7 nitrogen and oxygen atoms in total. The molecule has 1 N–H and O–H groups in total. The molecule has 1 aliphatic rings. The Hall–Kier alpha value is -2.93. The molecule has 1 aromatic heterocycles. The van der Waals surface area contributed by atoms with Crippen LogP contribution in [0.4, 0.5) is 11.4 Å². The molecule has 0 atom stereocenters. The molecule has 0 bridgehead atoms. The van der Waals surface area contributed by atoms with E-state index in [1.807, 2.05) is 36.4 Å². The number of carbonyl (C=O) groups is 2. The van der Waals surface area contributed by atoms with E-state index in [1.54, 1.807) is 17.3 Å². The van der Waals surface area contributed by atoms with Crippen molar-refractivity contribution in [3.8, 4) is 0 Å². The fourth-order valence-electron chi connectivity index (χ4n) is 3.21. The molecule has 1 fully saturated rings. The van der Waals surface area contributed by atoms with Gasteiger partial charge < -0.3 is 19.9 Å². The molecule has 28 heavy (non-hydrogen) atoms. The van der Waals surface area contributed by atoms with Crippen LogP contribution < -0.4 is 15.1 Å². The van der Waals surface area contributed by atoms with Gasteiger partial charge in [-0.3, -0.25) is 14.6 Å². The molecule has 1 aliphatic heterocycles. The number of amides is 2. The van der Waals surface area contributed by atoms with Crippen LogP contribution in [0.3, 0.4) is 0 Å². The molecule has 2 heterocycles. The van der Waals surface area contributed by atoms with Gasteiger partial charge >= 0.3 is 0 Å². The lowest BCUT2D eigenvalue weighted by Crippen LogP contribution is -2.39. The predicted octanol–water partition coefficient (Wildman–Crippen LogP) is 1.98. The van der Waals surface area contributed by atoms with E-state index in [1.165, 1.54) is 6.92 Å². The molecule has 1 aromatic carbocycles. The van der Waals surface area contributed by atoms with Crippen LogP contribution in [0.1, 0.15) is 18.9 Å². The minimum absolute atomic E-state index is 0.0809. The molecule has 7 heteroatoms. The van der Waals surface area contributed by atoms with E-state index in [0.29, 0.717) is 26.3 Å². The van der Waals surface area contributed by atoms with E-state index in [2.05, 4.69) is 15.2 Å². The van der Waals surface area contributed by atoms with Gasteiger partial charge in [-0.25, -0.2) is 0 Å². The van der Waals surface area contributed by atoms with Crippen molar-refractivity contribution in [3.05, 3.63) is 54.4 Å². The van der Waals surface area contributed by atoms with Crippen LogP contribution in [0.25, 0.3) is 0 Å². The molecule has 0 spiro atoms. The first-order valence-corrected chi connectivity index (χ1v) is 9.50. The maximum Gasteiger partial charge on any atom is 0.223 e. The Balaban J connectivity index is 1.64. The number of anilines is 2. The molecule has 3 rings (SSSR count). The van der Waals surface area contributed by atoms with E-state index in [9.17, 15) is 9.59 Å². The van der Waals surface area contributed by atoms with Crippen molar-refractivity contribution in [2.45, 2.75) is 19.9 Å². The van der Waals surface area contributed by atoms with Crippen LogP contribution in [0.5, 0.6) is 0 Å². The third-order valence-corrected chi connectivity index (χ3v) is 4.71. The molecule has 0 saturated carbocycles. The minimum Gasteiger partial charge on any atom is -0.378 e. The zero-order valence-electron chi connectivity index (χ0n) is 16.1. The molecule has 148 valence electrons. The Labute approximate surface area is 165 Å². The third kappa shape index (κ3) is 5.29. The predicted molar refractivity (Wildman–Crippen MR) is 108 cm³/mol. The first-order valence-electron chi connectivity index (χ1n) is 9.50. The second kappa shape index (κ2) is 9.85. The fourth-order valence-corrected chi connectivity index (χ4v) is 3.21. The van der Waals surface area contributed by atoms with Crippen LogP contribution in [-0.4, -0.2) is 49.6 Å². The maximum atomic E-state index is 12.3. The second-order valence-corrected chi connectivity index (χ2v) is 6.64. The van der Waals surface area contributed by atoms with Crippen LogP contribution >= 0.6 is 0 Å². The summed E-state index contributed by atoms with van der Waals surface area (Å²) in [4.78, 5) is 32.4. The summed E-state index contributed by atoms with van der Waals surface area (Å²) in [6.07, 6.45) is 3.63. The third-order valence-electron chi connectivity index (χ3n) is 4.71. The molecular weight excluding hydrogens is 356 g/mol. The highest BCUT2D eigenvalue weighted by Crippen LogP contribution is 2.30. The number of carbonyl (C=O) groups excluding carboxylic acids is 2. The number of para-hydroxylation sites is 2. The van der Waals surface area contributed by atoms with Crippen LogP contribution in [-0.2, 0) is 20.9 Å². The average Bonchev–Trinajstić information content (AvgIpc) is 2.74. The first-order chi connectivity index (χ1) is 13.6. The number of nitrogens with one attached hydrogen (secondary N) is 1. The Bertz CT molecular complexity index is 791. The van der Waals surface area contributed by atoms with Gasteiger partial charge in [0.1, 0.15) is 0 Å². The summed E-state index contributed by atoms with van der Waals surface area (Å²) in [6.45, 7) is 5.23. The number of rotatable bonds is 7. The lowest BCUT2D eigenvalue weighted by molar-refractivity contribution is -0.121. The summed E-state index contributed by atoms with van der Waals surface area (Å²) in [7, 11) is 0. The molecule has 0 unspecified atom stereocenters. The van der Waals surface area contributed by atoms with Crippen molar-refractivity contribution in [1.82, 2.24) is 10.3 Å². The van der Waals surface area contributed by atoms with E-state index < -0.39 is 0 Å². The average molecular weight is 382 g/mol. The van der Waals surface area contributed by atoms with Gasteiger partial charge in [-0.1, -0.05) is 12.1 Å². The van der Waals surface area contributed by atoms with Crippen molar-refractivity contribution in [3.63, 3.8) is 0 Å². The maximum absolute atomic E-state index is 12.3. The zero-order chi connectivity index (χ0) is 19.8. The van der Waals surface area contributed by atoms with Crippen LogP contribution in [0, 0.1) is 0 Å². The summed E-state index contributed by atoms with van der Waals surface area (Å²) >= 11 is 0. The number of benzene rings is 1. The Morgan fingerprint density at radius 1 is 1.14 bits per heavy atom. The number of morpholine rings is 1. The number of pyridine rings is 1. The number of hydrogen-bond acceptors (Lipinski definition) is 5. The smallest absolute Gasteiger partial charge is 0.223 e. The van der Waals surface area contributed by atoms with E-state index >= 15 is 0 Å². The Morgan fingerprint density at radius 2 is 1.86 bits per heavy atom. The van der Waals surface area contributed by atoms with Crippen molar-refractivity contribution < 1.29 is 14.3 Å². The van der Waals surface area contributed by atoms with Crippen LogP contribution in [0.15, 0.2) is 48.8 Å². The molecular formula is C21H26N4O3. The highest BCUT2D eigenvalue weighted by molar-refractivity contribution is 5.96. The summed E-state index contributed by atoms with van der Waals surface area (Å²) in [5.74, 6) is -0.172. The van der Waals surface area contributed by atoms with Gasteiger partial charge in [-0.15, -0.1) is 0 Å². The normalized spacial score (nSPS) is 13.8. The van der Waals surface area contributed by atoms with Gasteiger partial charge in [0.15, 0.2) is 0 Å². The van der Waals surface area contributed by atoms with E-state index in [0.717, 1.165) is 30.0 Å². The quantitative estimate of drug-likeness (QED) is 0.793. The van der Waals surface area contributed by atoms with Crippen molar-refractivity contribution >= 4 is 23.2 Å². The summed E-state index contributed by atoms with van der Waals surface area (Å²) in [5.41, 5.74) is 2.82. The second-order valence-electron chi connectivity index (χ2n) is 6.64. The van der Waals surface area contributed by atoms with Gasteiger partial charge in [0.2, 0.25) is 11.8 Å². The Kier molecular flexibility index (Phi) is 6.97. The van der Waals surface area contributed by atoms with Gasteiger partial charge in [-0.05, 0) is 29.8 Å². The Morgan fingerprint density at radius 3 is 2.57 bits per heavy atom. The number of hydrogen-bond donors (Lipinski definition) is 1. The first kappa shape index (κ1) is 19.8. The zero-order valence-corrected chi connectivity index (χ0v) is 16.1. The van der Waals surface area contributed by atoms with Crippen molar-refractivity contribution in [1.29, 1.82) is 0 Å². The summed E-state index contributed by atoms with van der Waals surface area (Å²) < 4.78 is 5.43. The summed E-state index contributed by atoms with van der Waals surface area (Å²) in [6, 6.07) is 11.6.